The van der Waals surface area contributed by atoms with Crippen LogP contribution in [0.3, 0.4) is 0 Å². The highest BCUT2D eigenvalue weighted by Gasteiger charge is 2.63. The largest absolute Gasteiger partial charge is 0.355 e. The van der Waals surface area contributed by atoms with E-state index in [0.29, 0.717) is 0 Å². The molecule has 0 saturated heterocycles. The number of anilines is 5. The molecule has 110 heavy (non-hydrogen) atoms. The van der Waals surface area contributed by atoms with E-state index < -0.39 is 0 Å². The fraction of sp³-hybridized carbons (Fsp3) is 0.200. The van der Waals surface area contributed by atoms with E-state index in [0.717, 1.165) is 69.4 Å². The summed E-state index contributed by atoms with van der Waals surface area (Å²) in [7, 11) is 0. The predicted molar refractivity (Wildman–Crippen MR) is 470 cm³/mol. The molecule has 0 radical (unpaired) electrons. The van der Waals surface area contributed by atoms with Gasteiger partial charge in [-0.25, -0.2) is 0 Å². The van der Waals surface area contributed by atoms with Crippen molar-refractivity contribution in [3.8, 4) is 66.8 Å². The van der Waals surface area contributed by atoms with E-state index in [1.54, 1.807) is 22.3 Å². The van der Waals surface area contributed by atoms with E-state index in [1.165, 1.54) is 183 Å². The number of hydrogen-bond donors (Lipinski definition) is 1. The number of rotatable bonds is 9. The SMILES string of the molecule is C.Clc1ccc(-c2cccc3c2-c2ccccc2C32C3CC4CC(C3)CC2C4)cc1.c1ccc(-c2ccccc2N(c2ccc(-c3cccc4c3-c3ccccc3C43C4CC5CC(C4)CC3C5)cc2)c2ccc3c(c2)sc2ccccc23)cc1.c1ccc(-c2ccccc2Nc2ccc3c(c2)sc2ccccc23)cc1. The lowest BCUT2D eigenvalue weighted by molar-refractivity contribution is -0.0399. The molecule has 8 fully saturated rings. The molecule has 16 aromatic rings. The highest BCUT2D eigenvalue weighted by atomic mass is 35.5. The summed E-state index contributed by atoms with van der Waals surface area (Å²) >= 11 is 9.92. The monoisotopic (exact) mass is 1470 g/mol. The van der Waals surface area contributed by atoms with Crippen molar-refractivity contribution in [2.45, 2.75) is 82.5 Å². The smallest absolute Gasteiger partial charge is 0.0540 e. The van der Waals surface area contributed by atoms with E-state index >= 15 is 0 Å². The van der Waals surface area contributed by atoms with Crippen LogP contribution in [0.2, 0.25) is 5.02 Å². The first-order valence-electron chi connectivity index (χ1n) is 39.9. The van der Waals surface area contributed by atoms with Crippen molar-refractivity contribution in [2.75, 3.05) is 10.2 Å². The second-order valence-corrected chi connectivity index (χ2v) is 35.4. The molecule has 10 aliphatic carbocycles. The number of para-hydroxylation sites is 2. The lowest BCUT2D eigenvalue weighted by Gasteiger charge is -2.61. The molecule has 14 aromatic carbocycles. The second kappa shape index (κ2) is 27.2. The van der Waals surface area contributed by atoms with E-state index in [2.05, 4.69) is 326 Å². The number of nitrogens with one attached hydrogen (secondary N) is 1. The maximum Gasteiger partial charge on any atom is 0.0540 e. The molecule has 0 amide bonds. The molecule has 0 aliphatic heterocycles. The van der Waals surface area contributed by atoms with Crippen molar-refractivity contribution in [3.63, 3.8) is 0 Å². The Morgan fingerprint density at radius 3 is 1.21 bits per heavy atom. The van der Waals surface area contributed by atoms with Crippen LogP contribution in [0.4, 0.5) is 28.4 Å². The van der Waals surface area contributed by atoms with Gasteiger partial charge in [0.2, 0.25) is 0 Å². The molecule has 2 nitrogen and oxygen atoms in total. The lowest BCUT2D eigenvalue weighted by Crippen LogP contribution is -2.55. The molecule has 2 spiro atoms. The van der Waals surface area contributed by atoms with Crippen LogP contribution in [-0.4, -0.2) is 0 Å². The van der Waals surface area contributed by atoms with Gasteiger partial charge in [0.15, 0.2) is 0 Å². The first-order valence-corrected chi connectivity index (χ1v) is 41.9. The third-order valence-corrected chi connectivity index (χ3v) is 29.8. The van der Waals surface area contributed by atoms with Crippen molar-refractivity contribution in [2.24, 2.45) is 47.3 Å². The maximum absolute atomic E-state index is 6.20. The molecule has 10 aliphatic rings. The van der Waals surface area contributed by atoms with Crippen LogP contribution in [-0.2, 0) is 10.8 Å². The van der Waals surface area contributed by atoms with E-state index in [9.17, 15) is 0 Å². The zero-order valence-electron chi connectivity index (χ0n) is 61.0. The van der Waals surface area contributed by atoms with Gasteiger partial charge in [-0.1, -0.05) is 274 Å². The van der Waals surface area contributed by atoms with Gasteiger partial charge in [-0.05, 0) is 262 Å². The number of thiophene rings is 2. The summed E-state index contributed by atoms with van der Waals surface area (Å²) in [6, 6.07) is 121. The molecule has 8 bridgehead atoms. The quantitative estimate of drug-likeness (QED) is 0.155. The Labute approximate surface area is 659 Å². The van der Waals surface area contributed by atoms with Crippen molar-refractivity contribution in [1.82, 2.24) is 0 Å². The third kappa shape index (κ3) is 10.8. The maximum atomic E-state index is 6.20. The van der Waals surface area contributed by atoms with E-state index in [4.69, 9.17) is 11.6 Å². The topological polar surface area (TPSA) is 15.3 Å². The zero-order chi connectivity index (χ0) is 71.9. The van der Waals surface area contributed by atoms with Gasteiger partial charge in [-0.3, -0.25) is 0 Å². The van der Waals surface area contributed by atoms with Crippen LogP contribution >= 0.6 is 34.3 Å². The summed E-state index contributed by atoms with van der Waals surface area (Å²) in [6.45, 7) is 0. The van der Waals surface area contributed by atoms with Gasteiger partial charge >= 0.3 is 0 Å². The van der Waals surface area contributed by atoms with Crippen molar-refractivity contribution in [3.05, 3.63) is 355 Å². The second-order valence-electron chi connectivity index (χ2n) is 32.8. The summed E-state index contributed by atoms with van der Waals surface area (Å²) in [5.41, 5.74) is 28.8. The summed E-state index contributed by atoms with van der Waals surface area (Å²) in [6.07, 6.45) is 14.4. The molecule has 536 valence electrons. The van der Waals surface area contributed by atoms with Crippen molar-refractivity contribution < 1.29 is 0 Å². The van der Waals surface area contributed by atoms with Crippen LogP contribution < -0.4 is 10.2 Å². The minimum atomic E-state index is 0. The van der Waals surface area contributed by atoms with Gasteiger partial charge in [-0.2, -0.15) is 0 Å². The molecule has 5 heteroatoms. The number of hydrogen-bond acceptors (Lipinski definition) is 4. The van der Waals surface area contributed by atoms with Crippen LogP contribution in [0.5, 0.6) is 0 Å². The Morgan fingerprint density at radius 2 is 0.673 bits per heavy atom. The van der Waals surface area contributed by atoms with Gasteiger partial charge < -0.3 is 10.2 Å². The minimum absolute atomic E-state index is 0. The third-order valence-electron chi connectivity index (χ3n) is 27.3. The van der Waals surface area contributed by atoms with E-state index in [-0.39, 0.29) is 18.3 Å². The molecule has 26 rings (SSSR count). The average molecular weight is 1480 g/mol. The lowest BCUT2D eigenvalue weighted by atomic mass is 9.43. The van der Waals surface area contributed by atoms with Gasteiger partial charge in [0.25, 0.3) is 0 Å². The van der Waals surface area contributed by atoms with Gasteiger partial charge in [0, 0.05) is 90.1 Å². The Balaban J connectivity index is 0.000000115. The molecule has 0 atom stereocenters. The number of halogens is 1. The molecule has 1 N–H and O–H groups in total. The highest BCUT2D eigenvalue weighted by molar-refractivity contribution is 7.26. The number of nitrogens with zero attached hydrogens (tertiary/aromatic N) is 1. The van der Waals surface area contributed by atoms with Gasteiger partial charge in [0.05, 0.1) is 5.69 Å². The Hall–Kier alpha value is -10.6. The van der Waals surface area contributed by atoms with Crippen LogP contribution in [0.1, 0.15) is 93.9 Å². The van der Waals surface area contributed by atoms with Crippen molar-refractivity contribution >= 4 is 103 Å². The minimum Gasteiger partial charge on any atom is -0.355 e. The van der Waals surface area contributed by atoms with Crippen LogP contribution in [0.25, 0.3) is 107 Å². The molecular formula is C105H87ClN2S2. The standard InChI is InChI=1S/C52H41NS.C28H25Cl.C24H17NS.CH4/c1-2-11-35(12-3-1)41-13-5-8-19-48(41)53(40-25-26-44-43-14-6-9-20-49(43)54-50(44)32-40)39-23-21-36(22-24-39)42-16-10-18-47-51(42)45-15-4-7-17-46(45)52(47)37-28-33-27-34(30-37)31-38(52)29-33;29-22-10-8-19(9-11-22)23-5-3-7-26-27(23)24-4-1-2-6-25(24)28(26)20-13-17-12-18(15-20)16-21(28)14-17;1-2-8-17(9-3-1)19-10-4-6-12-22(19)25-18-14-15-21-20-11-5-7-13-23(20)26-24(21)16-18;/h1-26,32-34,37-38H,27-31H2;1-11,17-18,20-21H,12-16H2;1-16,25H;1H4. The Bertz CT molecular complexity index is 6150. The number of benzene rings is 14. The molecule has 8 saturated carbocycles. The normalized spacial score (nSPS) is 22.8. The average Bonchev–Trinajstić information content (AvgIpc) is 1.50. The summed E-state index contributed by atoms with van der Waals surface area (Å²) < 4.78 is 5.29. The number of fused-ring (bicyclic) bond motifs is 12. The summed E-state index contributed by atoms with van der Waals surface area (Å²) in [5, 5.41) is 9.73. The molecule has 2 heterocycles. The Morgan fingerprint density at radius 1 is 0.291 bits per heavy atom. The summed E-state index contributed by atoms with van der Waals surface area (Å²) in [5.74, 6) is 7.04. The zero-order valence-corrected chi connectivity index (χ0v) is 63.4. The first kappa shape index (κ1) is 67.5. The fourth-order valence-electron chi connectivity index (χ4n) is 23.5. The van der Waals surface area contributed by atoms with Crippen LogP contribution in [0.15, 0.2) is 328 Å². The van der Waals surface area contributed by atoms with E-state index in [1.807, 2.05) is 34.8 Å². The summed E-state index contributed by atoms with van der Waals surface area (Å²) in [4.78, 5) is 2.46. The Kier molecular flexibility index (Phi) is 16.7. The molecular weight excluding hydrogens is 1390 g/mol. The fourth-order valence-corrected chi connectivity index (χ4v) is 25.9. The van der Waals surface area contributed by atoms with Crippen molar-refractivity contribution in [1.29, 1.82) is 0 Å². The highest BCUT2D eigenvalue weighted by Crippen LogP contribution is 2.72. The first-order chi connectivity index (χ1) is 53.9. The molecule has 2 aromatic heterocycles. The van der Waals surface area contributed by atoms with Gasteiger partial charge in [0.1, 0.15) is 0 Å². The molecule has 0 unspecified atom stereocenters. The predicted octanol–water partition coefficient (Wildman–Crippen LogP) is 30.4. The van der Waals surface area contributed by atoms with Gasteiger partial charge in [-0.15, -0.1) is 22.7 Å². The van der Waals surface area contributed by atoms with Crippen LogP contribution in [0, 0.1) is 47.3 Å².